The van der Waals surface area contributed by atoms with Crippen molar-refractivity contribution < 1.29 is 29.5 Å². The minimum Gasteiger partial charge on any atom is -0.390 e. The first-order chi connectivity index (χ1) is 8.08. The summed E-state index contributed by atoms with van der Waals surface area (Å²) in [5.74, 6) is -0.763. The molecule has 0 aromatic carbocycles. The van der Waals surface area contributed by atoms with Gasteiger partial charge in [0.1, 0.15) is 0 Å². The Hall–Kier alpha value is -0.240. The predicted molar refractivity (Wildman–Crippen MR) is 61.8 cm³/mol. The van der Waals surface area contributed by atoms with E-state index < -0.39 is 24.2 Å². The molecule has 3 unspecified atom stereocenters. The number of methoxy groups -OCH3 is 2. The largest absolute Gasteiger partial charge is 0.390 e. The molecular weight excluding hydrogens is 228 g/mol. The number of aliphatic hydroxyl groups is 3. The highest BCUT2D eigenvalue weighted by molar-refractivity contribution is 4.82. The Kier molecular flexibility index (Phi) is 9.62. The van der Waals surface area contributed by atoms with Crippen molar-refractivity contribution in [1.82, 2.24) is 0 Å². The van der Waals surface area contributed by atoms with Crippen molar-refractivity contribution in [2.24, 2.45) is 5.92 Å². The molecule has 0 heterocycles. The van der Waals surface area contributed by atoms with Gasteiger partial charge in [0, 0.05) is 26.7 Å². The van der Waals surface area contributed by atoms with E-state index in [9.17, 15) is 15.3 Å². The average Bonchev–Trinajstić information content (AvgIpc) is 2.27. The first-order valence-electron chi connectivity index (χ1n) is 5.68. The van der Waals surface area contributed by atoms with Gasteiger partial charge in [0.25, 0.3) is 0 Å². The lowest BCUT2D eigenvalue weighted by molar-refractivity contribution is -0.113. The monoisotopic (exact) mass is 252 g/mol. The van der Waals surface area contributed by atoms with E-state index in [2.05, 4.69) is 0 Å². The Morgan fingerprint density at radius 3 is 1.59 bits per heavy atom. The first kappa shape index (κ1) is 16.8. The maximum absolute atomic E-state index is 9.88. The van der Waals surface area contributed by atoms with E-state index in [4.69, 9.17) is 14.2 Å². The van der Waals surface area contributed by atoms with Gasteiger partial charge in [-0.3, -0.25) is 0 Å². The van der Waals surface area contributed by atoms with E-state index in [0.717, 1.165) is 0 Å². The summed E-state index contributed by atoms with van der Waals surface area (Å²) in [6.07, 6.45) is -2.91. The molecule has 0 bridgehead atoms. The van der Waals surface area contributed by atoms with Gasteiger partial charge < -0.3 is 29.5 Å². The zero-order chi connectivity index (χ0) is 13.3. The quantitative estimate of drug-likeness (QED) is 0.463. The van der Waals surface area contributed by atoms with Crippen molar-refractivity contribution in [2.75, 3.05) is 40.6 Å². The van der Waals surface area contributed by atoms with Crippen LogP contribution in [0.1, 0.15) is 6.92 Å². The van der Waals surface area contributed by atoms with Crippen LogP contribution in [0.4, 0.5) is 0 Å². The van der Waals surface area contributed by atoms with Gasteiger partial charge in [-0.05, 0) is 6.92 Å². The zero-order valence-electron chi connectivity index (χ0n) is 10.7. The Morgan fingerprint density at radius 1 is 0.824 bits per heavy atom. The standard InChI is InChI=1S/C11H24O6/c1-4-17-7-10(14)11(8(12)5-15-2)9(13)6-16-3/h8-14H,4-7H2,1-3H3. The fraction of sp³-hybridized carbons (Fsp3) is 1.00. The van der Waals surface area contributed by atoms with Gasteiger partial charge in [-0.25, -0.2) is 0 Å². The average molecular weight is 252 g/mol. The molecule has 0 aliphatic heterocycles. The topological polar surface area (TPSA) is 88.4 Å². The first-order valence-corrected chi connectivity index (χ1v) is 5.68. The summed E-state index contributed by atoms with van der Waals surface area (Å²) >= 11 is 0. The normalized spacial score (nSPS) is 18.7. The SMILES string of the molecule is CCOCC(O)C(C(O)COC)C(O)COC. The fourth-order valence-corrected chi connectivity index (χ4v) is 1.68. The van der Waals surface area contributed by atoms with E-state index in [1.54, 1.807) is 6.92 Å². The number of rotatable bonds is 10. The van der Waals surface area contributed by atoms with Crippen LogP contribution in [0.3, 0.4) is 0 Å². The maximum atomic E-state index is 9.88. The summed E-state index contributed by atoms with van der Waals surface area (Å²) in [7, 11) is 2.88. The fourth-order valence-electron chi connectivity index (χ4n) is 1.68. The third-order valence-electron chi connectivity index (χ3n) is 2.50. The minimum absolute atomic E-state index is 0.0363. The molecule has 17 heavy (non-hydrogen) atoms. The van der Waals surface area contributed by atoms with Crippen molar-refractivity contribution in [3.63, 3.8) is 0 Å². The summed E-state index contributed by atoms with van der Waals surface area (Å²) in [6, 6.07) is 0. The van der Waals surface area contributed by atoms with E-state index in [1.165, 1.54) is 14.2 Å². The molecule has 0 radical (unpaired) electrons. The summed E-state index contributed by atoms with van der Waals surface area (Å²) in [6.45, 7) is 2.40. The lowest BCUT2D eigenvalue weighted by atomic mass is 9.91. The Labute approximate surface area is 102 Å². The smallest absolute Gasteiger partial charge is 0.0853 e. The zero-order valence-corrected chi connectivity index (χ0v) is 10.7. The Morgan fingerprint density at radius 2 is 1.24 bits per heavy atom. The molecule has 0 aliphatic rings. The number of hydrogen-bond donors (Lipinski definition) is 3. The van der Waals surface area contributed by atoms with Crippen LogP contribution < -0.4 is 0 Å². The molecule has 0 aromatic heterocycles. The summed E-state index contributed by atoms with van der Waals surface area (Å²) < 4.78 is 14.7. The molecule has 104 valence electrons. The molecule has 3 atom stereocenters. The number of hydrogen-bond acceptors (Lipinski definition) is 6. The highest BCUT2D eigenvalue weighted by Gasteiger charge is 2.33. The van der Waals surface area contributed by atoms with E-state index in [-0.39, 0.29) is 19.8 Å². The van der Waals surface area contributed by atoms with Crippen LogP contribution in [0.5, 0.6) is 0 Å². The molecule has 0 aliphatic carbocycles. The second-order valence-corrected chi connectivity index (χ2v) is 3.85. The third kappa shape index (κ3) is 6.30. The molecule has 0 rings (SSSR count). The molecule has 0 aromatic rings. The van der Waals surface area contributed by atoms with Gasteiger partial charge in [-0.2, -0.15) is 0 Å². The Bertz CT molecular complexity index is 165. The van der Waals surface area contributed by atoms with Crippen molar-refractivity contribution in [2.45, 2.75) is 25.2 Å². The van der Waals surface area contributed by atoms with E-state index in [1.807, 2.05) is 0 Å². The summed E-state index contributed by atoms with van der Waals surface area (Å²) in [5.41, 5.74) is 0. The van der Waals surface area contributed by atoms with Crippen molar-refractivity contribution in [3.05, 3.63) is 0 Å². The molecule has 0 spiro atoms. The number of aliphatic hydroxyl groups excluding tert-OH is 3. The molecular formula is C11H24O6. The highest BCUT2D eigenvalue weighted by atomic mass is 16.5. The molecule has 0 amide bonds. The second-order valence-electron chi connectivity index (χ2n) is 3.85. The maximum Gasteiger partial charge on any atom is 0.0853 e. The van der Waals surface area contributed by atoms with Gasteiger partial charge >= 0.3 is 0 Å². The molecule has 6 heteroatoms. The van der Waals surface area contributed by atoms with E-state index >= 15 is 0 Å². The minimum atomic E-state index is -0.972. The lowest BCUT2D eigenvalue weighted by Crippen LogP contribution is -2.46. The van der Waals surface area contributed by atoms with Gasteiger partial charge in [-0.1, -0.05) is 0 Å². The second kappa shape index (κ2) is 9.76. The lowest BCUT2D eigenvalue weighted by Gasteiger charge is -2.30. The third-order valence-corrected chi connectivity index (χ3v) is 2.50. The van der Waals surface area contributed by atoms with E-state index in [0.29, 0.717) is 6.61 Å². The van der Waals surface area contributed by atoms with Crippen LogP contribution in [-0.2, 0) is 14.2 Å². The molecule has 0 fully saturated rings. The van der Waals surface area contributed by atoms with Crippen molar-refractivity contribution in [1.29, 1.82) is 0 Å². The highest BCUT2D eigenvalue weighted by Crippen LogP contribution is 2.16. The molecule has 3 N–H and O–H groups in total. The summed E-state index contributed by atoms with van der Waals surface area (Å²) in [4.78, 5) is 0. The summed E-state index contributed by atoms with van der Waals surface area (Å²) in [5, 5.41) is 29.5. The van der Waals surface area contributed by atoms with Gasteiger partial charge in [0.05, 0.1) is 38.1 Å². The molecule has 6 nitrogen and oxygen atoms in total. The van der Waals surface area contributed by atoms with Crippen LogP contribution in [0.25, 0.3) is 0 Å². The van der Waals surface area contributed by atoms with Crippen molar-refractivity contribution >= 4 is 0 Å². The predicted octanol–water partition coefficient (Wildman–Crippen LogP) is -0.985. The van der Waals surface area contributed by atoms with Crippen molar-refractivity contribution in [3.8, 4) is 0 Å². The Balaban J connectivity index is 4.46. The van der Waals surface area contributed by atoms with Gasteiger partial charge in [0.15, 0.2) is 0 Å². The van der Waals surface area contributed by atoms with Crippen LogP contribution >= 0.6 is 0 Å². The van der Waals surface area contributed by atoms with Gasteiger partial charge in [0.2, 0.25) is 0 Å². The number of ether oxygens (including phenoxy) is 3. The van der Waals surface area contributed by atoms with Crippen LogP contribution in [0.15, 0.2) is 0 Å². The van der Waals surface area contributed by atoms with Gasteiger partial charge in [-0.15, -0.1) is 0 Å². The van der Waals surface area contributed by atoms with Crippen LogP contribution in [-0.4, -0.2) is 74.3 Å². The molecule has 0 saturated carbocycles. The molecule has 0 saturated heterocycles. The van der Waals surface area contributed by atoms with Crippen LogP contribution in [0.2, 0.25) is 0 Å². The van der Waals surface area contributed by atoms with Crippen LogP contribution in [0, 0.1) is 5.92 Å².